The van der Waals surface area contributed by atoms with E-state index in [4.69, 9.17) is 4.74 Å². The Hall–Kier alpha value is -2.22. The van der Waals surface area contributed by atoms with Crippen LogP contribution in [0.5, 0.6) is 11.6 Å². The number of aromatic nitrogens is 4. The summed E-state index contributed by atoms with van der Waals surface area (Å²) in [5, 5.41) is 3.00. The normalized spacial score (nSPS) is 10.8. The summed E-state index contributed by atoms with van der Waals surface area (Å²) >= 11 is 3.10. The Morgan fingerprint density at radius 1 is 1.38 bits per heavy atom. The average molecular weight is 352 g/mol. The number of aromatic amines is 1. The number of nitrogens with zero attached hydrogens (tertiary/aromatic N) is 3. The van der Waals surface area contributed by atoms with E-state index < -0.39 is 5.82 Å². The zero-order valence-corrected chi connectivity index (χ0v) is 12.6. The predicted octanol–water partition coefficient (Wildman–Crippen LogP) is 3.48. The highest BCUT2D eigenvalue weighted by molar-refractivity contribution is 9.10. The minimum absolute atomic E-state index is 0.287. The first-order valence-corrected chi connectivity index (χ1v) is 7.04. The van der Waals surface area contributed by atoms with E-state index >= 15 is 0 Å². The van der Waals surface area contributed by atoms with Gasteiger partial charge in [0.25, 0.3) is 5.88 Å². The number of halogens is 2. The second-order valence-corrected chi connectivity index (χ2v) is 5.02. The molecule has 0 atom stereocenters. The van der Waals surface area contributed by atoms with Crippen molar-refractivity contribution in [3.05, 3.63) is 34.8 Å². The van der Waals surface area contributed by atoms with Crippen LogP contribution in [-0.2, 0) is 0 Å². The van der Waals surface area contributed by atoms with Gasteiger partial charge < -0.3 is 15.0 Å². The lowest BCUT2D eigenvalue weighted by atomic mass is 10.3. The van der Waals surface area contributed by atoms with Crippen LogP contribution < -0.4 is 10.1 Å². The molecule has 108 valence electrons. The van der Waals surface area contributed by atoms with Crippen LogP contribution in [0.3, 0.4) is 0 Å². The molecule has 21 heavy (non-hydrogen) atoms. The van der Waals surface area contributed by atoms with E-state index in [-0.39, 0.29) is 5.88 Å². The Kier molecular flexibility index (Phi) is 3.70. The summed E-state index contributed by atoms with van der Waals surface area (Å²) in [4.78, 5) is 15.5. The van der Waals surface area contributed by atoms with Crippen LogP contribution in [0, 0.1) is 5.82 Å². The molecular weight excluding hydrogens is 341 g/mol. The zero-order chi connectivity index (χ0) is 14.8. The van der Waals surface area contributed by atoms with Gasteiger partial charge in [-0.15, -0.1) is 0 Å². The molecule has 2 heterocycles. The summed E-state index contributed by atoms with van der Waals surface area (Å²) in [5.41, 5.74) is 1.04. The van der Waals surface area contributed by atoms with Crippen molar-refractivity contribution in [3.63, 3.8) is 0 Å². The first-order chi connectivity index (χ1) is 10.2. The van der Waals surface area contributed by atoms with Crippen molar-refractivity contribution in [1.82, 2.24) is 19.9 Å². The average Bonchev–Trinajstić information content (AvgIpc) is 2.92. The molecule has 6 nitrogen and oxygen atoms in total. The smallest absolute Gasteiger partial charge is 0.250 e. The summed E-state index contributed by atoms with van der Waals surface area (Å²) < 4.78 is 19.6. The number of hydrogen-bond donors (Lipinski definition) is 2. The molecule has 0 aliphatic heterocycles. The molecule has 3 aromatic rings. The zero-order valence-electron chi connectivity index (χ0n) is 11.0. The van der Waals surface area contributed by atoms with E-state index in [0.717, 1.165) is 0 Å². The number of H-pyrrole nitrogens is 1. The van der Waals surface area contributed by atoms with E-state index in [1.165, 1.54) is 12.4 Å². The summed E-state index contributed by atoms with van der Waals surface area (Å²) in [5.74, 6) is 0.627. The van der Waals surface area contributed by atoms with Crippen LogP contribution in [0.1, 0.15) is 6.92 Å². The number of imidazole rings is 1. The van der Waals surface area contributed by atoms with Crippen LogP contribution in [0.15, 0.2) is 29.0 Å². The molecule has 0 saturated carbocycles. The number of ether oxygens (including phenoxy) is 1. The van der Waals surface area contributed by atoms with Crippen LogP contribution in [0.2, 0.25) is 0 Å². The van der Waals surface area contributed by atoms with Crippen LogP contribution in [0.4, 0.5) is 10.3 Å². The van der Waals surface area contributed by atoms with Crippen LogP contribution in [-0.4, -0.2) is 26.5 Å². The largest absolute Gasteiger partial charge is 0.437 e. The van der Waals surface area contributed by atoms with E-state index in [1.54, 1.807) is 12.1 Å². The maximum Gasteiger partial charge on any atom is 0.250 e. The third-order valence-corrected chi connectivity index (χ3v) is 3.34. The summed E-state index contributed by atoms with van der Waals surface area (Å²) in [6, 6.07) is 4.49. The van der Waals surface area contributed by atoms with E-state index in [2.05, 4.69) is 41.2 Å². The Bertz CT molecular complexity index is 791. The van der Waals surface area contributed by atoms with Gasteiger partial charge in [0.15, 0.2) is 5.65 Å². The number of anilines is 1. The number of hydrogen-bond acceptors (Lipinski definition) is 5. The number of benzene rings is 1. The van der Waals surface area contributed by atoms with Crippen LogP contribution >= 0.6 is 15.9 Å². The van der Waals surface area contributed by atoms with Gasteiger partial charge in [0.05, 0.1) is 10.8 Å². The lowest BCUT2D eigenvalue weighted by Crippen LogP contribution is -2.03. The highest BCUT2D eigenvalue weighted by atomic mass is 79.9. The molecule has 0 spiro atoms. The predicted molar refractivity (Wildman–Crippen MR) is 80.0 cm³/mol. The van der Waals surface area contributed by atoms with Gasteiger partial charge in [0, 0.05) is 12.6 Å². The van der Waals surface area contributed by atoms with Gasteiger partial charge in [-0.3, -0.25) is 0 Å². The molecule has 0 radical (unpaired) electrons. The SMILES string of the molecule is CCNc1nc(Oc2ccc(Br)c(F)c2)c2[nH]cnc2n1. The van der Waals surface area contributed by atoms with Gasteiger partial charge in [-0.25, -0.2) is 9.37 Å². The van der Waals surface area contributed by atoms with E-state index in [9.17, 15) is 4.39 Å². The monoisotopic (exact) mass is 351 g/mol. The minimum atomic E-state index is -0.408. The Morgan fingerprint density at radius 2 is 2.24 bits per heavy atom. The number of fused-ring (bicyclic) bond motifs is 1. The van der Waals surface area contributed by atoms with Gasteiger partial charge in [-0.05, 0) is 35.0 Å². The van der Waals surface area contributed by atoms with Gasteiger partial charge >= 0.3 is 0 Å². The van der Waals surface area contributed by atoms with Crippen molar-refractivity contribution in [1.29, 1.82) is 0 Å². The van der Waals surface area contributed by atoms with Gasteiger partial charge in [0.2, 0.25) is 5.95 Å². The molecule has 0 aliphatic carbocycles. The van der Waals surface area contributed by atoms with E-state index in [1.807, 2.05) is 6.92 Å². The molecule has 2 N–H and O–H groups in total. The molecular formula is C13H11BrFN5O. The molecule has 0 aliphatic rings. The summed E-state index contributed by atoms with van der Waals surface area (Å²) in [6.45, 7) is 2.60. The van der Waals surface area contributed by atoms with Crippen molar-refractivity contribution in [3.8, 4) is 11.6 Å². The fraction of sp³-hybridized carbons (Fsp3) is 0.154. The number of nitrogens with one attached hydrogen (secondary N) is 2. The third kappa shape index (κ3) is 2.80. The Labute approximate surface area is 127 Å². The fourth-order valence-electron chi connectivity index (χ4n) is 1.77. The minimum Gasteiger partial charge on any atom is -0.437 e. The van der Waals surface area contributed by atoms with Crippen molar-refractivity contribution in [2.24, 2.45) is 0 Å². The molecule has 1 aromatic carbocycles. The van der Waals surface area contributed by atoms with Crippen LogP contribution in [0.25, 0.3) is 11.2 Å². The second kappa shape index (κ2) is 5.65. The highest BCUT2D eigenvalue weighted by Gasteiger charge is 2.12. The maximum atomic E-state index is 13.5. The molecule has 0 amide bonds. The Balaban J connectivity index is 2.01. The van der Waals surface area contributed by atoms with Gasteiger partial charge in [-0.2, -0.15) is 9.97 Å². The quantitative estimate of drug-likeness (QED) is 0.752. The van der Waals surface area contributed by atoms with Gasteiger partial charge in [-0.1, -0.05) is 0 Å². The molecule has 0 bridgehead atoms. The summed E-state index contributed by atoms with van der Waals surface area (Å²) in [7, 11) is 0. The van der Waals surface area contributed by atoms with Crippen molar-refractivity contribution >= 4 is 33.0 Å². The topological polar surface area (TPSA) is 75.7 Å². The fourth-order valence-corrected chi connectivity index (χ4v) is 2.02. The molecule has 2 aromatic heterocycles. The highest BCUT2D eigenvalue weighted by Crippen LogP contribution is 2.28. The molecule has 0 unspecified atom stereocenters. The molecule has 0 saturated heterocycles. The lowest BCUT2D eigenvalue weighted by molar-refractivity contribution is 0.462. The van der Waals surface area contributed by atoms with Crippen molar-refractivity contribution in [2.45, 2.75) is 6.92 Å². The second-order valence-electron chi connectivity index (χ2n) is 4.16. The Morgan fingerprint density at radius 3 is 3.00 bits per heavy atom. The van der Waals surface area contributed by atoms with Crippen molar-refractivity contribution < 1.29 is 9.13 Å². The first-order valence-electron chi connectivity index (χ1n) is 6.25. The molecule has 0 fully saturated rings. The molecule has 8 heteroatoms. The first kappa shape index (κ1) is 13.7. The molecule has 3 rings (SSSR count). The lowest BCUT2D eigenvalue weighted by Gasteiger charge is -2.08. The number of rotatable bonds is 4. The van der Waals surface area contributed by atoms with Gasteiger partial charge in [0.1, 0.15) is 17.1 Å². The maximum absolute atomic E-state index is 13.5. The van der Waals surface area contributed by atoms with E-state index in [0.29, 0.717) is 33.9 Å². The standard InChI is InChI=1S/C13H11BrFN5O/c1-2-16-13-19-11-10(17-6-18-11)12(20-13)21-7-3-4-8(14)9(15)5-7/h3-6H,2H2,1H3,(H2,16,17,18,19,20). The summed E-state index contributed by atoms with van der Waals surface area (Å²) in [6.07, 6.45) is 1.50. The van der Waals surface area contributed by atoms with Crippen molar-refractivity contribution in [2.75, 3.05) is 11.9 Å². The third-order valence-electron chi connectivity index (χ3n) is 2.69.